The highest BCUT2D eigenvalue weighted by Gasteiger charge is 2.52. The number of aromatic nitrogens is 2. The van der Waals surface area contributed by atoms with Gasteiger partial charge in [0.05, 0.1) is 0 Å². The van der Waals surface area contributed by atoms with Crippen molar-refractivity contribution in [1.82, 2.24) is 19.8 Å². The number of anilines is 2. The molecule has 0 spiro atoms. The van der Waals surface area contributed by atoms with Gasteiger partial charge in [0.25, 0.3) is 0 Å². The molecule has 0 aromatic carbocycles. The fourth-order valence-corrected chi connectivity index (χ4v) is 6.07. The predicted molar refractivity (Wildman–Crippen MR) is 116 cm³/mol. The van der Waals surface area contributed by atoms with E-state index in [1.165, 1.54) is 11.8 Å². The second kappa shape index (κ2) is 7.76. The van der Waals surface area contributed by atoms with E-state index in [0.717, 1.165) is 31.6 Å². The molecule has 9 heteroatoms. The molecule has 4 aliphatic heterocycles. The zero-order valence-corrected chi connectivity index (χ0v) is 18.1. The molecule has 4 aliphatic rings. The molecule has 2 N–H and O–H groups in total. The Bertz CT molecular complexity index is 884. The quantitative estimate of drug-likeness (QED) is 0.441. The SMILES string of the molecule is CSc1nc(N)cc(N2C[C@@H]3C[C@H](C2)[C@H](C(=O)N2CC=CC2)N2C(=O)CCC[C@@H]32)n1. The Hall–Kier alpha value is -2.29. The Labute approximate surface area is 180 Å². The average molecular weight is 429 g/mol. The van der Waals surface area contributed by atoms with Crippen LogP contribution in [0.25, 0.3) is 0 Å². The van der Waals surface area contributed by atoms with Crippen molar-refractivity contribution < 1.29 is 9.59 Å². The van der Waals surface area contributed by atoms with Crippen molar-refractivity contribution in [3.63, 3.8) is 0 Å². The minimum Gasteiger partial charge on any atom is -0.383 e. The lowest BCUT2D eigenvalue weighted by molar-refractivity contribution is -0.160. The number of carbonyl (C=O) groups is 2. The molecular formula is C21H28N6O2S. The lowest BCUT2D eigenvalue weighted by Crippen LogP contribution is -2.68. The zero-order chi connectivity index (χ0) is 20.8. The van der Waals surface area contributed by atoms with Gasteiger partial charge >= 0.3 is 0 Å². The summed E-state index contributed by atoms with van der Waals surface area (Å²) in [6.07, 6.45) is 9.42. The van der Waals surface area contributed by atoms with E-state index >= 15 is 0 Å². The Morgan fingerprint density at radius 2 is 1.97 bits per heavy atom. The smallest absolute Gasteiger partial charge is 0.246 e. The number of hydrogen-bond donors (Lipinski definition) is 1. The van der Waals surface area contributed by atoms with Crippen molar-refractivity contribution in [3.05, 3.63) is 18.2 Å². The normalized spacial score (nSPS) is 30.6. The lowest BCUT2D eigenvalue weighted by atomic mass is 9.71. The van der Waals surface area contributed by atoms with E-state index in [2.05, 4.69) is 14.9 Å². The second-order valence-electron chi connectivity index (χ2n) is 8.72. The number of thioether (sulfide) groups is 1. The van der Waals surface area contributed by atoms with E-state index in [9.17, 15) is 9.59 Å². The fourth-order valence-electron chi connectivity index (χ4n) is 5.69. The van der Waals surface area contributed by atoms with Crippen LogP contribution in [-0.4, -0.2) is 76.1 Å². The van der Waals surface area contributed by atoms with Crippen molar-refractivity contribution in [2.24, 2.45) is 11.8 Å². The molecule has 3 saturated heterocycles. The summed E-state index contributed by atoms with van der Waals surface area (Å²) in [7, 11) is 0. The van der Waals surface area contributed by atoms with Crippen molar-refractivity contribution in [2.45, 2.75) is 42.9 Å². The van der Waals surface area contributed by atoms with Crippen molar-refractivity contribution in [2.75, 3.05) is 43.1 Å². The van der Waals surface area contributed by atoms with Crippen LogP contribution in [0.2, 0.25) is 0 Å². The van der Waals surface area contributed by atoms with Gasteiger partial charge in [0, 0.05) is 50.6 Å². The molecule has 0 radical (unpaired) electrons. The predicted octanol–water partition coefficient (Wildman–Crippen LogP) is 1.38. The Morgan fingerprint density at radius 3 is 2.73 bits per heavy atom. The van der Waals surface area contributed by atoms with Crippen molar-refractivity contribution in [3.8, 4) is 0 Å². The minimum atomic E-state index is -0.374. The maximum atomic E-state index is 13.5. The number of fused-ring (bicyclic) bond motifs is 4. The molecule has 1 aromatic rings. The molecule has 4 atom stereocenters. The van der Waals surface area contributed by atoms with Gasteiger partial charge in [0.1, 0.15) is 17.7 Å². The highest BCUT2D eigenvalue weighted by molar-refractivity contribution is 7.98. The van der Waals surface area contributed by atoms with Crippen LogP contribution >= 0.6 is 11.8 Å². The number of nitrogens with two attached hydrogens (primary N) is 1. The maximum absolute atomic E-state index is 13.5. The molecule has 2 bridgehead atoms. The summed E-state index contributed by atoms with van der Waals surface area (Å²) in [6.45, 7) is 2.82. The second-order valence-corrected chi connectivity index (χ2v) is 9.49. The van der Waals surface area contributed by atoms with Crippen LogP contribution in [0.1, 0.15) is 25.7 Å². The van der Waals surface area contributed by atoms with Crippen LogP contribution in [0.15, 0.2) is 23.4 Å². The number of hydrogen-bond acceptors (Lipinski definition) is 7. The van der Waals surface area contributed by atoms with Crippen molar-refractivity contribution in [1.29, 1.82) is 0 Å². The molecule has 30 heavy (non-hydrogen) atoms. The number of rotatable bonds is 3. The van der Waals surface area contributed by atoms with Gasteiger partial charge in [-0.3, -0.25) is 9.59 Å². The van der Waals surface area contributed by atoms with Gasteiger partial charge in [-0.15, -0.1) is 0 Å². The number of carbonyl (C=O) groups excluding carboxylic acids is 2. The topological polar surface area (TPSA) is 95.7 Å². The fraction of sp³-hybridized carbons (Fsp3) is 0.619. The zero-order valence-electron chi connectivity index (χ0n) is 17.2. The summed E-state index contributed by atoms with van der Waals surface area (Å²) >= 11 is 1.47. The van der Waals surface area contributed by atoms with Crippen LogP contribution in [0, 0.1) is 11.8 Å². The third-order valence-corrected chi connectivity index (χ3v) is 7.49. The van der Waals surface area contributed by atoms with Gasteiger partial charge in [-0.25, -0.2) is 9.97 Å². The van der Waals surface area contributed by atoms with Gasteiger partial charge in [-0.1, -0.05) is 23.9 Å². The van der Waals surface area contributed by atoms with Crippen LogP contribution in [0.5, 0.6) is 0 Å². The number of nitrogen functional groups attached to an aromatic ring is 1. The Balaban J connectivity index is 1.48. The lowest BCUT2D eigenvalue weighted by Gasteiger charge is -2.56. The third-order valence-electron chi connectivity index (χ3n) is 6.94. The van der Waals surface area contributed by atoms with Gasteiger partial charge < -0.3 is 20.4 Å². The molecular weight excluding hydrogens is 400 g/mol. The molecule has 5 rings (SSSR count). The third kappa shape index (κ3) is 3.33. The van der Waals surface area contributed by atoms with Gasteiger partial charge in [0.2, 0.25) is 11.8 Å². The van der Waals surface area contributed by atoms with Gasteiger partial charge in [0.15, 0.2) is 5.16 Å². The van der Waals surface area contributed by atoms with E-state index < -0.39 is 0 Å². The van der Waals surface area contributed by atoms with Crippen LogP contribution < -0.4 is 10.6 Å². The maximum Gasteiger partial charge on any atom is 0.246 e. The molecule has 0 aliphatic carbocycles. The van der Waals surface area contributed by atoms with Crippen molar-refractivity contribution >= 4 is 35.2 Å². The van der Waals surface area contributed by atoms with E-state index in [0.29, 0.717) is 42.9 Å². The Morgan fingerprint density at radius 1 is 1.20 bits per heavy atom. The first-order chi connectivity index (χ1) is 14.5. The van der Waals surface area contributed by atoms with Crippen LogP contribution in [0.4, 0.5) is 11.6 Å². The van der Waals surface area contributed by atoms with E-state index in [1.54, 1.807) is 0 Å². The first-order valence-electron chi connectivity index (χ1n) is 10.7. The van der Waals surface area contributed by atoms with Crippen LogP contribution in [-0.2, 0) is 9.59 Å². The number of piperidine rings is 3. The summed E-state index contributed by atoms with van der Waals surface area (Å²) in [5.74, 6) is 1.98. The summed E-state index contributed by atoms with van der Waals surface area (Å²) in [4.78, 5) is 41.5. The summed E-state index contributed by atoms with van der Waals surface area (Å²) in [5.41, 5.74) is 6.03. The highest BCUT2D eigenvalue weighted by Crippen LogP contribution is 2.43. The average Bonchev–Trinajstić information content (AvgIpc) is 3.28. The summed E-state index contributed by atoms with van der Waals surface area (Å²) in [5, 5.41) is 0.658. The molecule has 8 nitrogen and oxygen atoms in total. The molecule has 160 valence electrons. The standard InChI is InChI=1S/C21H28N6O2S/c1-30-21-23-16(22)10-17(24-21)26-11-13-9-14(12-26)19(20(29)25-7-2-3-8-25)27-15(13)5-4-6-18(27)28/h2-3,10,13-15,19H,4-9,11-12H2,1H3,(H2,22,23,24)/t13-,14+,15-,19+/m0/s1. The molecule has 2 amide bonds. The Kier molecular flexibility index (Phi) is 5.08. The van der Waals surface area contributed by atoms with Crippen LogP contribution in [0.3, 0.4) is 0 Å². The van der Waals surface area contributed by atoms with E-state index in [1.807, 2.05) is 34.3 Å². The van der Waals surface area contributed by atoms with Gasteiger partial charge in [-0.05, 0) is 31.4 Å². The van der Waals surface area contributed by atoms with E-state index in [-0.39, 0.29) is 29.8 Å². The van der Waals surface area contributed by atoms with Gasteiger partial charge in [-0.2, -0.15) is 0 Å². The first-order valence-corrected chi connectivity index (χ1v) is 12.0. The molecule has 0 unspecified atom stereocenters. The summed E-state index contributed by atoms with van der Waals surface area (Å²) < 4.78 is 0. The molecule has 3 fully saturated rings. The molecule has 0 saturated carbocycles. The molecule has 1 aromatic heterocycles. The number of amides is 2. The minimum absolute atomic E-state index is 0.0950. The highest BCUT2D eigenvalue weighted by atomic mass is 32.2. The monoisotopic (exact) mass is 428 g/mol. The summed E-state index contributed by atoms with van der Waals surface area (Å²) in [6, 6.07) is 1.58. The van der Waals surface area contributed by atoms with E-state index in [4.69, 9.17) is 5.73 Å². The largest absolute Gasteiger partial charge is 0.383 e. The number of nitrogens with zero attached hydrogens (tertiary/aromatic N) is 5. The molecule has 5 heterocycles. The first kappa shape index (κ1) is 19.7.